The average molecular weight is 296 g/mol. The fraction of sp³-hybridized carbons (Fsp3) is 0.500. The Bertz CT molecular complexity index is 643. The van der Waals surface area contributed by atoms with Crippen molar-refractivity contribution < 1.29 is 0 Å². The van der Waals surface area contributed by atoms with Crippen molar-refractivity contribution in [3.05, 3.63) is 30.5 Å². The Hall–Kier alpha value is -1.81. The number of rotatable bonds is 3. The zero-order valence-corrected chi connectivity index (χ0v) is 13.0. The third-order valence-corrected chi connectivity index (χ3v) is 4.88. The van der Waals surface area contributed by atoms with Crippen LogP contribution in [-0.4, -0.2) is 37.2 Å². The van der Waals surface area contributed by atoms with E-state index in [-0.39, 0.29) is 0 Å². The fourth-order valence-corrected chi connectivity index (χ4v) is 3.66. The van der Waals surface area contributed by atoms with Gasteiger partial charge in [-0.05, 0) is 38.8 Å². The maximum absolute atomic E-state index is 4.80. The molecule has 116 valence electrons. The molecule has 0 saturated carbocycles. The van der Waals surface area contributed by atoms with Gasteiger partial charge in [0, 0.05) is 29.9 Å². The van der Waals surface area contributed by atoms with Crippen molar-refractivity contribution >= 4 is 22.3 Å². The first-order chi connectivity index (χ1) is 10.9. The van der Waals surface area contributed by atoms with E-state index in [0.29, 0.717) is 6.04 Å². The Balaban J connectivity index is 1.69. The van der Waals surface area contributed by atoms with Gasteiger partial charge in [0.2, 0.25) is 0 Å². The van der Waals surface area contributed by atoms with Crippen molar-refractivity contribution in [3.8, 4) is 0 Å². The van der Waals surface area contributed by atoms with Crippen LogP contribution in [-0.2, 0) is 0 Å². The summed E-state index contributed by atoms with van der Waals surface area (Å²) >= 11 is 0. The van der Waals surface area contributed by atoms with E-state index < -0.39 is 0 Å². The normalized spacial score (nSPS) is 19.7. The van der Waals surface area contributed by atoms with Gasteiger partial charge >= 0.3 is 0 Å². The Kier molecular flexibility index (Phi) is 3.85. The van der Waals surface area contributed by atoms with Crippen LogP contribution in [0.1, 0.15) is 25.7 Å². The Labute approximate surface area is 131 Å². The van der Waals surface area contributed by atoms with Crippen molar-refractivity contribution in [2.24, 2.45) is 0 Å². The third-order valence-electron chi connectivity index (χ3n) is 4.88. The fourth-order valence-electron chi connectivity index (χ4n) is 3.66. The molecule has 0 spiro atoms. The van der Waals surface area contributed by atoms with Gasteiger partial charge in [-0.15, -0.1) is 0 Å². The number of anilines is 2. The molecular weight excluding hydrogens is 272 g/mol. The molecule has 1 aromatic carbocycles. The van der Waals surface area contributed by atoms with E-state index in [0.717, 1.165) is 32.0 Å². The lowest BCUT2D eigenvalue weighted by molar-refractivity contribution is 0.479. The molecule has 2 aromatic rings. The van der Waals surface area contributed by atoms with Crippen LogP contribution in [0, 0.1) is 0 Å². The van der Waals surface area contributed by atoms with Crippen molar-refractivity contribution in [3.63, 3.8) is 0 Å². The summed E-state index contributed by atoms with van der Waals surface area (Å²) in [5, 5.41) is 9.73. The molecule has 0 aliphatic carbocycles. The number of nitrogens with zero attached hydrogens (tertiary/aromatic N) is 2. The third kappa shape index (κ3) is 2.63. The molecule has 0 unspecified atom stereocenters. The lowest BCUT2D eigenvalue weighted by Gasteiger charge is -2.26. The highest BCUT2D eigenvalue weighted by Gasteiger charge is 2.19. The highest BCUT2D eigenvalue weighted by atomic mass is 15.2. The molecule has 0 radical (unpaired) electrons. The van der Waals surface area contributed by atoms with Gasteiger partial charge < -0.3 is 15.5 Å². The van der Waals surface area contributed by atoms with Crippen LogP contribution < -0.4 is 15.5 Å². The van der Waals surface area contributed by atoms with E-state index in [1.54, 1.807) is 0 Å². The molecule has 2 fully saturated rings. The molecule has 3 heterocycles. The minimum atomic E-state index is 0.559. The molecule has 0 bridgehead atoms. The van der Waals surface area contributed by atoms with Crippen LogP contribution in [0.25, 0.3) is 10.8 Å². The van der Waals surface area contributed by atoms with E-state index >= 15 is 0 Å². The Morgan fingerprint density at radius 2 is 1.77 bits per heavy atom. The Morgan fingerprint density at radius 1 is 1.05 bits per heavy atom. The van der Waals surface area contributed by atoms with E-state index in [2.05, 4.69) is 39.8 Å². The summed E-state index contributed by atoms with van der Waals surface area (Å²) in [5.74, 6) is 1.16. The smallest absolute Gasteiger partial charge is 0.136 e. The summed E-state index contributed by atoms with van der Waals surface area (Å²) in [6, 6.07) is 9.25. The van der Waals surface area contributed by atoms with Gasteiger partial charge in [0.05, 0.1) is 11.9 Å². The monoisotopic (exact) mass is 296 g/mol. The summed E-state index contributed by atoms with van der Waals surface area (Å²) in [6.07, 6.45) is 6.97. The van der Waals surface area contributed by atoms with E-state index in [1.807, 2.05) is 6.20 Å². The van der Waals surface area contributed by atoms with E-state index in [1.165, 1.54) is 42.1 Å². The summed E-state index contributed by atoms with van der Waals surface area (Å²) in [7, 11) is 0. The van der Waals surface area contributed by atoms with Gasteiger partial charge in [0.15, 0.2) is 0 Å². The second-order valence-corrected chi connectivity index (χ2v) is 6.40. The van der Waals surface area contributed by atoms with Gasteiger partial charge in [0.1, 0.15) is 5.82 Å². The topological polar surface area (TPSA) is 40.2 Å². The SMILES string of the molecule is c1ccc2c(N3CCCC3)ncc(NC3CCNCC3)c2c1. The quantitative estimate of drug-likeness (QED) is 0.913. The second-order valence-electron chi connectivity index (χ2n) is 6.40. The van der Waals surface area contributed by atoms with Gasteiger partial charge in [-0.25, -0.2) is 4.98 Å². The lowest BCUT2D eigenvalue weighted by atomic mass is 10.0. The Morgan fingerprint density at radius 3 is 2.55 bits per heavy atom. The van der Waals surface area contributed by atoms with Crippen LogP contribution in [0.5, 0.6) is 0 Å². The number of piperidine rings is 1. The largest absolute Gasteiger partial charge is 0.380 e. The standard InChI is InChI=1S/C18H24N4/c1-2-6-16-15(5-1)17(21-14-7-9-19-10-8-14)13-20-18(16)22-11-3-4-12-22/h1-2,5-6,13-14,19,21H,3-4,7-12H2. The maximum atomic E-state index is 4.80. The molecule has 0 amide bonds. The first-order valence-corrected chi connectivity index (χ1v) is 8.52. The van der Waals surface area contributed by atoms with E-state index in [4.69, 9.17) is 4.98 Å². The minimum absolute atomic E-state index is 0.559. The zero-order chi connectivity index (χ0) is 14.8. The first kappa shape index (κ1) is 13.8. The molecule has 2 aliphatic rings. The number of hydrogen-bond donors (Lipinski definition) is 2. The van der Waals surface area contributed by atoms with Crippen molar-refractivity contribution in [1.29, 1.82) is 0 Å². The summed E-state index contributed by atoms with van der Waals surface area (Å²) in [4.78, 5) is 7.23. The number of pyridine rings is 1. The van der Waals surface area contributed by atoms with Crippen LogP contribution in [0.3, 0.4) is 0 Å². The average Bonchev–Trinajstić information content (AvgIpc) is 3.10. The van der Waals surface area contributed by atoms with Crippen LogP contribution in [0.15, 0.2) is 30.5 Å². The predicted octanol–water partition coefficient (Wildman–Crippen LogP) is 3.00. The molecule has 22 heavy (non-hydrogen) atoms. The summed E-state index contributed by atoms with van der Waals surface area (Å²) in [5.41, 5.74) is 1.19. The molecule has 2 saturated heterocycles. The molecule has 4 nitrogen and oxygen atoms in total. The molecule has 4 heteroatoms. The number of benzene rings is 1. The highest BCUT2D eigenvalue weighted by Crippen LogP contribution is 2.32. The number of fused-ring (bicyclic) bond motifs is 1. The van der Waals surface area contributed by atoms with Gasteiger partial charge in [-0.3, -0.25) is 0 Å². The molecule has 4 rings (SSSR count). The maximum Gasteiger partial charge on any atom is 0.136 e. The van der Waals surface area contributed by atoms with Crippen LogP contribution >= 0.6 is 0 Å². The molecule has 0 atom stereocenters. The van der Waals surface area contributed by atoms with Crippen molar-refractivity contribution in [2.75, 3.05) is 36.4 Å². The predicted molar refractivity (Wildman–Crippen MR) is 92.7 cm³/mol. The minimum Gasteiger partial charge on any atom is -0.380 e. The number of aromatic nitrogens is 1. The number of nitrogens with one attached hydrogen (secondary N) is 2. The zero-order valence-electron chi connectivity index (χ0n) is 13.0. The van der Waals surface area contributed by atoms with Crippen LogP contribution in [0.4, 0.5) is 11.5 Å². The highest BCUT2D eigenvalue weighted by molar-refractivity contribution is 6.00. The van der Waals surface area contributed by atoms with Crippen molar-refractivity contribution in [2.45, 2.75) is 31.7 Å². The molecule has 2 aliphatic heterocycles. The van der Waals surface area contributed by atoms with Gasteiger partial charge in [0.25, 0.3) is 0 Å². The molecule has 1 aromatic heterocycles. The first-order valence-electron chi connectivity index (χ1n) is 8.52. The molecule has 2 N–H and O–H groups in total. The van der Waals surface area contributed by atoms with Crippen LogP contribution in [0.2, 0.25) is 0 Å². The van der Waals surface area contributed by atoms with E-state index in [9.17, 15) is 0 Å². The van der Waals surface area contributed by atoms with Crippen molar-refractivity contribution in [1.82, 2.24) is 10.3 Å². The summed E-state index contributed by atoms with van der Waals surface area (Å²) in [6.45, 7) is 4.49. The molecular formula is C18H24N4. The van der Waals surface area contributed by atoms with Gasteiger partial charge in [-0.1, -0.05) is 24.3 Å². The second kappa shape index (κ2) is 6.13. The summed E-state index contributed by atoms with van der Waals surface area (Å²) < 4.78 is 0. The lowest BCUT2D eigenvalue weighted by Crippen LogP contribution is -2.35. The number of hydrogen-bond acceptors (Lipinski definition) is 4. The van der Waals surface area contributed by atoms with Gasteiger partial charge in [-0.2, -0.15) is 0 Å².